The second kappa shape index (κ2) is 6.83. The molecule has 0 radical (unpaired) electrons. The summed E-state index contributed by atoms with van der Waals surface area (Å²) in [5, 5.41) is 6.13. The summed E-state index contributed by atoms with van der Waals surface area (Å²) in [5.41, 5.74) is -0.131. The number of nitrogens with one attached hydrogen (secondary N) is 2. The summed E-state index contributed by atoms with van der Waals surface area (Å²) in [5.74, 6) is 0.765. The van der Waals surface area contributed by atoms with E-state index >= 15 is 0 Å². The number of amides is 1. The molecule has 0 aliphatic heterocycles. The number of rotatable bonds is 6. The molecule has 0 rings (SSSR count). The maximum atomic E-state index is 11.4. The third-order valence-electron chi connectivity index (χ3n) is 2.39. The van der Waals surface area contributed by atoms with E-state index in [1.807, 2.05) is 20.8 Å². The highest BCUT2D eigenvalue weighted by molar-refractivity contribution is 5.78. The molecule has 15 heavy (non-hydrogen) atoms. The highest BCUT2D eigenvalue weighted by Crippen LogP contribution is 2.04. The van der Waals surface area contributed by atoms with Crippen molar-refractivity contribution in [3.63, 3.8) is 0 Å². The SMILES string of the molecule is CCC(CC)CNCC(=O)NC(C)(C)C. The molecule has 0 saturated carbocycles. The zero-order valence-electron chi connectivity index (χ0n) is 10.8. The van der Waals surface area contributed by atoms with Crippen LogP contribution >= 0.6 is 0 Å². The van der Waals surface area contributed by atoms with Crippen LogP contribution in [0.2, 0.25) is 0 Å². The molecule has 3 heteroatoms. The van der Waals surface area contributed by atoms with Gasteiger partial charge in [-0.05, 0) is 33.2 Å². The van der Waals surface area contributed by atoms with Crippen LogP contribution < -0.4 is 10.6 Å². The lowest BCUT2D eigenvalue weighted by Gasteiger charge is -2.21. The molecule has 90 valence electrons. The average molecular weight is 214 g/mol. The molecule has 0 atom stereocenters. The lowest BCUT2D eigenvalue weighted by Crippen LogP contribution is -2.45. The summed E-state index contributed by atoms with van der Waals surface area (Å²) in [4.78, 5) is 11.4. The van der Waals surface area contributed by atoms with E-state index in [1.165, 1.54) is 12.8 Å². The number of carbonyl (C=O) groups excluding carboxylic acids is 1. The van der Waals surface area contributed by atoms with E-state index in [0.717, 1.165) is 6.54 Å². The first-order valence-corrected chi connectivity index (χ1v) is 5.90. The summed E-state index contributed by atoms with van der Waals surface area (Å²) >= 11 is 0. The molecule has 0 aromatic carbocycles. The zero-order valence-corrected chi connectivity index (χ0v) is 10.8. The van der Waals surface area contributed by atoms with Gasteiger partial charge in [-0.15, -0.1) is 0 Å². The normalized spacial score (nSPS) is 11.9. The molecule has 2 N–H and O–H groups in total. The van der Waals surface area contributed by atoms with E-state index in [1.54, 1.807) is 0 Å². The predicted octanol–water partition coefficient (Wildman–Crippen LogP) is 1.93. The lowest BCUT2D eigenvalue weighted by molar-refractivity contribution is -0.121. The van der Waals surface area contributed by atoms with Crippen LogP contribution in [0.1, 0.15) is 47.5 Å². The van der Waals surface area contributed by atoms with E-state index in [0.29, 0.717) is 12.5 Å². The highest BCUT2D eigenvalue weighted by Gasteiger charge is 2.13. The summed E-state index contributed by atoms with van der Waals surface area (Å²) in [7, 11) is 0. The predicted molar refractivity (Wildman–Crippen MR) is 64.8 cm³/mol. The molecule has 0 aliphatic carbocycles. The van der Waals surface area contributed by atoms with Crippen molar-refractivity contribution in [2.24, 2.45) is 5.92 Å². The van der Waals surface area contributed by atoms with Crippen LogP contribution in [-0.2, 0) is 4.79 Å². The quantitative estimate of drug-likeness (QED) is 0.709. The van der Waals surface area contributed by atoms with Gasteiger partial charge < -0.3 is 10.6 Å². The van der Waals surface area contributed by atoms with Crippen LogP contribution in [0.15, 0.2) is 0 Å². The Balaban J connectivity index is 3.64. The molecule has 0 heterocycles. The Morgan fingerprint density at radius 3 is 2.13 bits per heavy atom. The Hall–Kier alpha value is -0.570. The maximum absolute atomic E-state index is 11.4. The van der Waals surface area contributed by atoms with Gasteiger partial charge in [0.15, 0.2) is 0 Å². The van der Waals surface area contributed by atoms with Crippen LogP contribution in [0.3, 0.4) is 0 Å². The molecule has 0 spiro atoms. The highest BCUT2D eigenvalue weighted by atomic mass is 16.2. The van der Waals surface area contributed by atoms with Crippen molar-refractivity contribution < 1.29 is 4.79 Å². The Morgan fingerprint density at radius 2 is 1.73 bits per heavy atom. The zero-order chi connectivity index (χ0) is 11.9. The second-order valence-electron chi connectivity index (χ2n) is 5.11. The third-order valence-corrected chi connectivity index (χ3v) is 2.39. The molecule has 0 aromatic heterocycles. The Bertz CT molecular complexity index is 181. The molecule has 0 unspecified atom stereocenters. The van der Waals surface area contributed by atoms with Gasteiger partial charge in [-0.2, -0.15) is 0 Å². The summed E-state index contributed by atoms with van der Waals surface area (Å²) in [6.45, 7) is 11.7. The van der Waals surface area contributed by atoms with E-state index < -0.39 is 0 Å². The molecular formula is C12H26N2O. The third kappa shape index (κ3) is 8.43. The average Bonchev–Trinajstić information content (AvgIpc) is 2.09. The van der Waals surface area contributed by atoms with Gasteiger partial charge in [0.1, 0.15) is 0 Å². The Morgan fingerprint density at radius 1 is 1.20 bits per heavy atom. The maximum Gasteiger partial charge on any atom is 0.234 e. The van der Waals surface area contributed by atoms with Crippen LogP contribution in [0, 0.1) is 5.92 Å². The standard InChI is InChI=1S/C12H26N2O/c1-6-10(7-2)8-13-9-11(15)14-12(3,4)5/h10,13H,6-9H2,1-5H3,(H,14,15). The first-order chi connectivity index (χ1) is 6.89. The Labute approximate surface area is 94.0 Å². The van der Waals surface area contributed by atoms with Crippen molar-refractivity contribution in [2.75, 3.05) is 13.1 Å². The van der Waals surface area contributed by atoms with Crippen LogP contribution in [0.5, 0.6) is 0 Å². The van der Waals surface area contributed by atoms with E-state index in [4.69, 9.17) is 0 Å². The van der Waals surface area contributed by atoms with Crippen molar-refractivity contribution in [1.82, 2.24) is 10.6 Å². The van der Waals surface area contributed by atoms with Gasteiger partial charge in [-0.25, -0.2) is 0 Å². The minimum Gasteiger partial charge on any atom is -0.350 e. The first-order valence-electron chi connectivity index (χ1n) is 5.90. The largest absolute Gasteiger partial charge is 0.350 e. The van der Waals surface area contributed by atoms with Crippen molar-refractivity contribution in [2.45, 2.75) is 53.0 Å². The van der Waals surface area contributed by atoms with Crippen LogP contribution in [-0.4, -0.2) is 24.5 Å². The summed E-state index contributed by atoms with van der Waals surface area (Å²) < 4.78 is 0. The lowest BCUT2D eigenvalue weighted by atomic mass is 10.0. The molecule has 0 fully saturated rings. The minimum atomic E-state index is -0.131. The smallest absolute Gasteiger partial charge is 0.234 e. The van der Waals surface area contributed by atoms with Gasteiger partial charge in [0, 0.05) is 5.54 Å². The fraction of sp³-hybridized carbons (Fsp3) is 0.917. The van der Waals surface area contributed by atoms with Crippen molar-refractivity contribution >= 4 is 5.91 Å². The van der Waals surface area contributed by atoms with Gasteiger partial charge in [0.2, 0.25) is 5.91 Å². The second-order valence-corrected chi connectivity index (χ2v) is 5.11. The Kier molecular flexibility index (Phi) is 6.57. The number of hydrogen-bond donors (Lipinski definition) is 2. The van der Waals surface area contributed by atoms with E-state index in [-0.39, 0.29) is 11.4 Å². The van der Waals surface area contributed by atoms with Crippen LogP contribution in [0.25, 0.3) is 0 Å². The molecule has 0 aromatic rings. The molecule has 1 amide bonds. The fourth-order valence-electron chi connectivity index (χ4n) is 1.43. The number of hydrogen-bond acceptors (Lipinski definition) is 2. The summed E-state index contributed by atoms with van der Waals surface area (Å²) in [6, 6.07) is 0. The number of carbonyl (C=O) groups is 1. The van der Waals surface area contributed by atoms with Gasteiger partial charge in [0.05, 0.1) is 6.54 Å². The first kappa shape index (κ1) is 14.4. The molecule has 3 nitrogen and oxygen atoms in total. The van der Waals surface area contributed by atoms with Gasteiger partial charge >= 0.3 is 0 Å². The van der Waals surface area contributed by atoms with Crippen molar-refractivity contribution in [3.05, 3.63) is 0 Å². The fourth-order valence-corrected chi connectivity index (χ4v) is 1.43. The topological polar surface area (TPSA) is 41.1 Å². The van der Waals surface area contributed by atoms with Gasteiger partial charge in [0.25, 0.3) is 0 Å². The van der Waals surface area contributed by atoms with Gasteiger partial charge in [-0.3, -0.25) is 4.79 Å². The molecule has 0 aliphatic rings. The van der Waals surface area contributed by atoms with E-state index in [2.05, 4.69) is 24.5 Å². The van der Waals surface area contributed by atoms with E-state index in [9.17, 15) is 4.79 Å². The van der Waals surface area contributed by atoms with Crippen molar-refractivity contribution in [1.29, 1.82) is 0 Å². The molecular weight excluding hydrogens is 188 g/mol. The van der Waals surface area contributed by atoms with Crippen molar-refractivity contribution in [3.8, 4) is 0 Å². The van der Waals surface area contributed by atoms with Gasteiger partial charge in [-0.1, -0.05) is 26.7 Å². The monoisotopic (exact) mass is 214 g/mol. The van der Waals surface area contributed by atoms with Crippen LogP contribution in [0.4, 0.5) is 0 Å². The molecule has 0 bridgehead atoms. The molecule has 0 saturated heterocycles. The minimum absolute atomic E-state index is 0.0773. The summed E-state index contributed by atoms with van der Waals surface area (Å²) in [6.07, 6.45) is 2.34.